The average molecular weight is 448 g/mol. The summed E-state index contributed by atoms with van der Waals surface area (Å²) in [6, 6.07) is 20.7. The van der Waals surface area contributed by atoms with Gasteiger partial charge in [-0.3, -0.25) is 4.79 Å². The zero-order chi connectivity index (χ0) is 22.1. The maximum atomic E-state index is 12.9. The Hall–Kier alpha value is -3.51. The van der Waals surface area contributed by atoms with Crippen molar-refractivity contribution in [2.45, 2.75) is 0 Å². The second kappa shape index (κ2) is 8.55. The highest BCUT2D eigenvalue weighted by Crippen LogP contribution is 2.39. The molecule has 2 heterocycles. The van der Waals surface area contributed by atoms with E-state index >= 15 is 0 Å². The molecule has 7 heteroatoms. The summed E-state index contributed by atoms with van der Waals surface area (Å²) in [4.78, 5) is 21.9. The molecule has 0 unspecified atom stereocenters. The molecule has 1 saturated heterocycles. The van der Waals surface area contributed by atoms with Crippen molar-refractivity contribution in [3.63, 3.8) is 0 Å². The van der Waals surface area contributed by atoms with Crippen LogP contribution in [-0.2, 0) is 0 Å². The van der Waals surface area contributed by atoms with Crippen molar-refractivity contribution < 1.29 is 14.3 Å². The van der Waals surface area contributed by atoms with Crippen molar-refractivity contribution in [3.05, 3.63) is 82.9 Å². The molecule has 0 radical (unpaired) electrons. The predicted octanol–water partition coefficient (Wildman–Crippen LogP) is 4.99. The van der Waals surface area contributed by atoms with Gasteiger partial charge in [0.1, 0.15) is 23.0 Å². The van der Waals surface area contributed by atoms with Crippen LogP contribution in [0.2, 0.25) is 5.02 Å². The Bertz CT molecular complexity index is 1200. The molecule has 0 aromatic heterocycles. The molecule has 5 rings (SSSR count). The van der Waals surface area contributed by atoms with Crippen LogP contribution in [0.25, 0.3) is 0 Å². The van der Waals surface area contributed by atoms with Crippen LogP contribution in [0, 0.1) is 0 Å². The Morgan fingerprint density at radius 2 is 1.72 bits per heavy atom. The van der Waals surface area contributed by atoms with Gasteiger partial charge in [0.25, 0.3) is 5.91 Å². The second-order valence-electron chi connectivity index (χ2n) is 7.63. The third-order valence-corrected chi connectivity index (χ3v) is 6.04. The summed E-state index contributed by atoms with van der Waals surface area (Å²) in [6.07, 6.45) is 0. The lowest BCUT2D eigenvalue weighted by Gasteiger charge is -2.36. The number of carbonyl (C=O) groups excluding carboxylic acids is 1. The molecule has 0 spiro atoms. The molecule has 32 heavy (non-hydrogen) atoms. The van der Waals surface area contributed by atoms with Gasteiger partial charge in [0, 0.05) is 32.2 Å². The van der Waals surface area contributed by atoms with Crippen LogP contribution in [0.15, 0.2) is 71.7 Å². The molecule has 0 aliphatic carbocycles. The number of rotatable bonds is 2. The SMILES string of the molecule is COc1ccc2c(c1)Oc1ccccc1N=C2N1CCN(C(=O)c2ccccc2Cl)CC1. The summed E-state index contributed by atoms with van der Waals surface area (Å²) in [5.41, 5.74) is 2.20. The summed E-state index contributed by atoms with van der Waals surface area (Å²) in [6.45, 7) is 2.47. The van der Waals surface area contributed by atoms with Crippen molar-refractivity contribution in [1.82, 2.24) is 9.80 Å². The summed E-state index contributed by atoms with van der Waals surface area (Å²) >= 11 is 6.23. The Labute approximate surface area is 191 Å². The van der Waals surface area contributed by atoms with Crippen molar-refractivity contribution in [1.29, 1.82) is 0 Å². The second-order valence-corrected chi connectivity index (χ2v) is 8.03. The third kappa shape index (κ3) is 3.78. The number of piperazine rings is 1. The molecule has 3 aromatic rings. The molecule has 2 aliphatic heterocycles. The van der Waals surface area contributed by atoms with Gasteiger partial charge in [-0.1, -0.05) is 35.9 Å². The first-order chi connectivity index (χ1) is 15.6. The monoisotopic (exact) mass is 447 g/mol. The molecule has 1 fully saturated rings. The van der Waals surface area contributed by atoms with Crippen LogP contribution in [0.1, 0.15) is 15.9 Å². The van der Waals surface area contributed by atoms with Crippen LogP contribution < -0.4 is 9.47 Å². The number of fused-ring (bicyclic) bond motifs is 2. The van der Waals surface area contributed by atoms with E-state index in [2.05, 4.69) is 4.90 Å². The van der Waals surface area contributed by atoms with Gasteiger partial charge >= 0.3 is 0 Å². The molecular formula is C25H22ClN3O3. The summed E-state index contributed by atoms with van der Waals surface area (Å²) < 4.78 is 11.6. The van der Waals surface area contributed by atoms with Gasteiger partial charge in [-0.2, -0.15) is 0 Å². The quantitative estimate of drug-likeness (QED) is 0.555. The molecular weight excluding hydrogens is 426 g/mol. The number of carbonyl (C=O) groups is 1. The van der Waals surface area contributed by atoms with Crippen molar-refractivity contribution >= 4 is 29.0 Å². The molecule has 1 amide bonds. The van der Waals surface area contributed by atoms with Crippen molar-refractivity contribution in [2.24, 2.45) is 4.99 Å². The zero-order valence-electron chi connectivity index (χ0n) is 17.6. The Balaban J connectivity index is 1.43. The smallest absolute Gasteiger partial charge is 0.255 e. The highest BCUT2D eigenvalue weighted by Gasteiger charge is 2.28. The summed E-state index contributed by atoms with van der Waals surface area (Å²) in [7, 11) is 1.64. The average Bonchev–Trinajstić information content (AvgIpc) is 3.00. The van der Waals surface area contributed by atoms with Gasteiger partial charge in [-0.15, -0.1) is 0 Å². The number of amidine groups is 1. The number of nitrogens with zero attached hydrogens (tertiary/aromatic N) is 3. The van der Waals surface area contributed by atoms with E-state index in [0.717, 1.165) is 22.8 Å². The number of hydrogen-bond donors (Lipinski definition) is 0. The van der Waals surface area contributed by atoms with Gasteiger partial charge in [-0.25, -0.2) is 4.99 Å². The Kier molecular flexibility index (Phi) is 5.45. The van der Waals surface area contributed by atoms with E-state index in [-0.39, 0.29) is 5.91 Å². The first-order valence-corrected chi connectivity index (χ1v) is 10.8. The maximum absolute atomic E-state index is 12.9. The Morgan fingerprint density at radius 3 is 2.50 bits per heavy atom. The molecule has 0 N–H and O–H groups in total. The number of para-hydroxylation sites is 2. The Morgan fingerprint density at radius 1 is 0.969 bits per heavy atom. The van der Waals surface area contributed by atoms with Crippen LogP contribution >= 0.6 is 11.6 Å². The number of benzene rings is 3. The number of methoxy groups -OCH3 is 1. The lowest BCUT2D eigenvalue weighted by Crippen LogP contribution is -2.50. The normalized spacial score (nSPS) is 15.1. The van der Waals surface area contributed by atoms with Crippen molar-refractivity contribution in [3.8, 4) is 17.2 Å². The number of aliphatic imine (C=N–C) groups is 1. The summed E-state index contributed by atoms with van der Waals surface area (Å²) in [5.74, 6) is 2.90. The lowest BCUT2D eigenvalue weighted by atomic mass is 10.1. The molecule has 6 nitrogen and oxygen atoms in total. The van der Waals surface area contributed by atoms with Crippen LogP contribution in [-0.4, -0.2) is 54.8 Å². The van der Waals surface area contributed by atoms with E-state index in [1.54, 1.807) is 19.2 Å². The molecule has 0 atom stereocenters. The maximum Gasteiger partial charge on any atom is 0.255 e. The van der Waals surface area contributed by atoms with Crippen LogP contribution in [0.5, 0.6) is 17.2 Å². The van der Waals surface area contributed by atoms with E-state index in [1.807, 2.05) is 59.5 Å². The lowest BCUT2D eigenvalue weighted by molar-refractivity contribution is 0.0692. The third-order valence-electron chi connectivity index (χ3n) is 5.71. The van der Waals surface area contributed by atoms with Gasteiger partial charge < -0.3 is 19.3 Å². The van der Waals surface area contributed by atoms with E-state index in [9.17, 15) is 4.79 Å². The molecule has 0 saturated carbocycles. The van der Waals surface area contributed by atoms with E-state index < -0.39 is 0 Å². The fraction of sp³-hybridized carbons (Fsp3) is 0.200. The minimum absolute atomic E-state index is 0.0446. The molecule has 0 bridgehead atoms. The van der Waals surface area contributed by atoms with Crippen LogP contribution in [0.4, 0.5) is 5.69 Å². The molecule has 2 aliphatic rings. The van der Waals surface area contributed by atoms with E-state index in [0.29, 0.717) is 48.3 Å². The first-order valence-electron chi connectivity index (χ1n) is 10.5. The fourth-order valence-electron chi connectivity index (χ4n) is 3.99. The zero-order valence-corrected chi connectivity index (χ0v) is 18.4. The van der Waals surface area contributed by atoms with Gasteiger partial charge in [0.2, 0.25) is 0 Å². The number of ether oxygens (including phenoxy) is 2. The topological polar surface area (TPSA) is 54.4 Å². The van der Waals surface area contributed by atoms with Gasteiger partial charge in [-0.05, 0) is 36.4 Å². The standard InChI is InChI=1S/C25H22ClN3O3/c1-31-17-10-11-19-23(16-17)32-22-9-5-4-8-21(22)27-24(19)28-12-14-29(15-13-28)25(30)18-6-2-3-7-20(18)26/h2-11,16H,12-15H2,1H3. The molecule has 3 aromatic carbocycles. The van der Waals surface area contributed by atoms with Crippen LogP contribution in [0.3, 0.4) is 0 Å². The minimum atomic E-state index is -0.0446. The number of halogens is 1. The molecule has 162 valence electrons. The number of hydrogen-bond acceptors (Lipinski definition) is 5. The van der Waals surface area contributed by atoms with Gasteiger partial charge in [0.05, 0.1) is 23.3 Å². The first kappa shape index (κ1) is 20.4. The largest absolute Gasteiger partial charge is 0.497 e. The highest BCUT2D eigenvalue weighted by molar-refractivity contribution is 6.33. The van der Waals surface area contributed by atoms with E-state index in [1.165, 1.54) is 0 Å². The van der Waals surface area contributed by atoms with E-state index in [4.69, 9.17) is 26.1 Å². The number of amides is 1. The van der Waals surface area contributed by atoms with Gasteiger partial charge in [0.15, 0.2) is 5.75 Å². The summed E-state index contributed by atoms with van der Waals surface area (Å²) in [5, 5.41) is 0.477. The minimum Gasteiger partial charge on any atom is -0.497 e. The van der Waals surface area contributed by atoms with Crippen molar-refractivity contribution in [2.75, 3.05) is 33.3 Å². The predicted molar refractivity (Wildman–Crippen MR) is 125 cm³/mol. The highest BCUT2D eigenvalue weighted by atomic mass is 35.5. The fourth-order valence-corrected chi connectivity index (χ4v) is 4.21.